The lowest BCUT2D eigenvalue weighted by molar-refractivity contribution is -0.151. The Balaban J connectivity index is 1.07. The van der Waals surface area contributed by atoms with Crippen LogP contribution in [0.3, 0.4) is 0 Å². The molecule has 5 fully saturated rings. The second-order valence-corrected chi connectivity index (χ2v) is 20.8. The molecule has 0 radical (unpaired) electrons. The summed E-state index contributed by atoms with van der Waals surface area (Å²) in [6.45, 7) is 17.5. The molecule has 4 heterocycles. The summed E-state index contributed by atoms with van der Waals surface area (Å²) in [7, 11) is 0. The number of benzene rings is 1. The van der Waals surface area contributed by atoms with Crippen LogP contribution in [-0.2, 0) is 23.9 Å². The summed E-state index contributed by atoms with van der Waals surface area (Å²) in [5.74, 6) is 0.606. The first-order valence-corrected chi connectivity index (χ1v) is 23.8. The van der Waals surface area contributed by atoms with Gasteiger partial charge in [-0.25, -0.2) is 14.8 Å². The van der Waals surface area contributed by atoms with Gasteiger partial charge in [0.05, 0.1) is 36.9 Å². The van der Waals surface area contributed by atoms with Crippen molar-refractivity contribution in [1.82, 2.24) is 25.1 Å². The molecule has 3 aromatic rings. The van der Waals surface area contributed by atoms with Gasteiger partial charge in [-0.05, 0) is 80.8 Å². The van der Waals surface area contributed by atoms with Gasteiger partial charge in [0, 0.05) is 62.0 Å². The number of morpholine rings is 1. The normalized spacial score (nSPS) is 27.8. The summed E-state index contributed by atoms with van der Waals surface area (Å²) < 4.78 is 24.7. The number of hydrogen-bond acceptors (Lipinski definition) is 13. The van der Waals surface area contributed by atoms with Gasteiger partial charge in [0.1, 0.15) is 46.6 Å². The minimum Gasteiger partial charge on any atom is -0.491 e. The molecule has 2 aromatic heterocycles. The molecule has 1 amide bonds. The molecular weight excluding hydrogens is 832 g/mol. The predicted molar refractivity (Wildman–Crippen MR) is 239 cm³/mol. The number of halogens is 1. The van der Waals surface area contributed by atoms with E-state index < -0.39 is 23.7 Å². The third-order valence-electron chi connectivity index (χ3n) is 13.7. The Kier molecular flexibility index (Phi) is 13.3. The van der Waals surface area contributed by atoms with Gasteiger partial charge < -0.3 is 34.7 Å². The number of nitrogens with zero attached hydrogens (tertiary/aromatic N) is 4. The number of likely N-dealkylation sites (tertiary alicyclic amines) is 1. The van der Waals surface area contributed by atoms with Gasteiger partial charge in [0.25, 0.3) is 0 Å². The van der Waals surface area contributed by atoms with Crippen LogP contribution in [0.2, 0.25) is 5.02 Å². The molecule has 8 atom stereocenters. The summed E-state index contributed by atoms with van der Waals surface area (Å²) in [5.41, 5.74) is 0.164. The first-order valence-electron chi connectivity index (χ1n) is 22.5. The average Bonchev–Trinajstić information content (AvgIpc) is 3.91. The van der Waals surface area contributed by atoms with Gasteiger partial charge in [-0.2, -0.15) is 0 Å². The SMILES string of the molecule is CC[C@@H]1C[C@]1(NC(=O)C1C[C@@H](Oc2cc(-c3csc(NC(C)C)n3)nc3c(Cl)c(OCCN4CCOCC4)ccc23)CN1C[C@@H](CC(=O)OC1C[C@@H]2C[C@@H]2C1)C(C)(C)C)C(=O)O. The maximum absolute atomic E-state index is 14.4. The lowest BCUT2D eigenvalue weighted by Crippen LogP contribution is -2.53. The lowest BCUT2D eigenvalue weighted by atomic mass is 9.78. The van der Waals surface area contributed by atoms with Crippen LogP contribution in [0, 0.1) is 29.1 Å². The lowest BCUT2D eigenvalue weighted by Gasteiger charge is -2.35. The Labute approximate surface area is 373 Å². The number of rotatable bonds is 18. The fourth-order valence-corrected chi connectivity index (χ4v) is 10.8. The zero-order valence-corrected chi connectivity index (χ0v) is 38.5. The van der Waals surface area contributed by atoms with Gasteiger partial charge in [0.15, 0.2) is 5.13 Å². The number of carboxylic acids is 1. The van der Waals surface area contributed by atoms with Crippen LogP contribution in [0.1, 0.15) is 86.5 Å². The predicted octanol–water partition coefficient (Wildman–Crippen LogP) is 7.13. The highest BCUT2D eigenvalue weighted by Gasteiger charge is 2.61. The summed E-state index contributed by atoms with van der Waals surface area (Å²) >= 11 is 8.63. The van der Waals surface area contributed by atoms with Crippen molar-refractivity contribution in [2.45, 2.75) is 116 Å². The molecule has 62 heavy (non-hydrogen) atoms. The first-order chi connectivity index (χ1) is 29.6. The number of carboxylic acid groups (broad SMARTS) is 1. The smallest absolute Gasteiger partial charge is 0.329 e. The largest absolute Gasteiger partial charge is 0.491 e. The molecule has 2 saturated heterocycles. The summed E-state index contributed by atoms with van der Waals surface area (Å²) in [6, 6.07) is 5.13. The minimum absolute atomic E-state index is 0.0131. The van der Waals surface area contributed by atoms with E-state index in [1.807, 2.05) is 30.5 Å². The second kappa shape index (κ2) is 18.4. The third kappa shape index (κ3) is 10.1. The minimum atomic E-state index is -1.28. The van der Waals surface area contributed by atoms with E-state index in [1.54, 1.807) is 0 Å². The Morgan fingerprint density at radius 3 is 2.48 bits per heavy atom. The van der Waals surface area contributed by atoms with E-state index in [0.29, 0.717) is 103 Å². The van der Waals surface area contributed by atoms with Crippen LogP contribution >= 0.6 is 22.9 Å². The average molecular weight is 896 g/mol. The van der Waals surface area contributed by atoms with Gasteiger partial charge >= 0.3 is 11.9 Å². The number of anilines is 1. The van der Waals surface area contributed by atoms with Crippen molar-refractivity contribution in [2.75, 3.05) is 57.9 Å². The van der Waals surface area contributed by atoms with Crippen molar-refractivity contribution in [1.29, 1.82) is 0 Å². The second-order valence-electron chi connectivity index (χ2n) is 19.5. The molecule has 3 aliphatic carbocycles. The molecule has 0 bridgehead atoms. The van der Waals surface area contributed by atoms with E-state index >= 15 is 0 Å². The number of amides is 1. The number of esters is 1. The molecule has 1 aromatic carbocycles. The van der Waals surface area contributed by atoms with E-state index in [0.717, 1.165) is 37.6 Å². The van der Waals surface area contributed by atoms with Gasteiger partial charge in [0.2, 0.25) is 5.91 Å². The zero-order chi connectivity index (χ0) is 43.9. The highest BCUT2D eigenvalue weighted by molar-refractivity contribution is 7.14. The van der Waals surface area contributed by atoms with Crippen LogP contribution in [-0.4, -0.2) is 125 Å². The Hall–Kier alpha value is -3.76. The molecule has 16 heteroatoms. The monoisotopic (exact) mass is 894 g/mol. The zero-order valence-electron chi connectivity index (χ0n) is 36.9. The van der Waals surface area contributed by atoms with E-state index in [1.165, 1.54) is 17.8 Å². The number of nitrogens with one attached hydrogen (secondary N) is 2. The molecule has 5 aliphatic rings. The number of carbonyl (C=O) groups is 3. The maximum Gasteiger partial charge on any atom is 0.329 e. The van der Waals surface area contributed by atoms with Crippen molar-refractivity contribution in [2.24, 2.45) is 29.1 Å². The van der Waals surface area contributed by atoms with E-state index in [9.17, 15) is 19.5 Å². The quantitative estimate of drug-likeness (QED) is 0.111. The summed E-state index contributed by atoms with van der Waals surface area (Å²) in [6.07, 6.45) is 4.24. The number of hydrogen-bond donors (Lipinski definition) is 3. The molecule has 3 saturated carbocycles. The number of carbonyl (C=O) groups excluding carboxylic acids is 2. The molecule has 14 nitrogen and oxygen atoms in total. The van der Waals surface area contributed by atoms with Gasteiger partial charge in [-0.3, -0.25) is 19.4 Å². The molecule has 8 rings (SSSR count). The van der Waals surface area contributed by atoms with Crippen molar-refractivity contribution in [3.05, 3.63) is 28.6 Å². The Morgan fingerprint density at radius 1 is 1.05 bits per heavy atom. The number of ether oxygens (including phenoxy) is 4. The fourth-order valence-electron chi connectivity index (χ4n) is 9.68. The molecule has 338 valence electrons. The van der Waals surface area contributed by atoms with Crippen LogP contribution in [0.15, 0.2) is 23.6 Å². The van der Waals surface area contributed by atoms with Gasteiger partial charge in [-0.15, -0.1) is 11.3 Å². The summed E-state index contributed by atoms with van der Waals surface area (Å²) in [4.78, 5) is 54.6. The van der Waals surface area contributed by atoms with Crippen LogP contribution < -0.4 is 20.1 Å². The molecule has 2 unspecified atom stereocenters. The maximum atomic E-state index is 14.4. The summed E-state index contributed by atoms with van der Waals surface area (Å²) in [5, 5.41) is 20.4. The van der Waals surface area contributed by atoms with E-state index in [2.05, 4.69) is 55.1 Å². The highest BCUT2D eigenvalue weighted by Crippen LogP contribution is 2.53. The molecule has 3 N–H and O–H groups in total. The number of fused-ring (bicyclic) bond motifs is 2. The van der Waals surface area contributed by atoms with Crippen molar-refractivity contribution >= 4 is 56.8 Å². The fraction of sp³-hybridized carbons (Fsp3) is 0.674. The van der Waals surface area contributed by atoms with Gasteiger partial charge in [-0.1, -0.05) is 45.7 Å². The topological polar surface area (TPSA) is 165 Å². The number of thiazole rings is 1. The van der Waals surface area contributed by atoms with E-state index in [4.69, 9.17) is 40.5 Å². The standard InChI is InChI=1S/C46H63ClN6O8S/c1-7-29-22-46(29,43(56)57)51-42(55)36-20-32(24-53(36)23-30(45(4,5)6)19-39(54)61-31-17-27-16-28(27)18-31)60-38-21-34(35-25-62-44(50-35)48-26(2)3)49-41-33(38)8-9-37(40(41)47)59-15-12-52-10-13-58-14-11-52/h8-9,21,25-32,36H,7,10-20,22-24H2,1-6H3,(H,48,50)(H,51,55)(H,56,57)/t27-,28+,29-,30-,31?,32-,36?,46-/m1/s1. The van der Waals surface area contributed by atoms with Crippen LogP contribution in [0.5, 0.6) is 11.5 Å². The molecule has 0 spiro atoms. The molecule has 2 aliphatic heterocycles. The first kappa shape index (κ1) is 44.8. The molecular formula is C46H63ClN6O8S. The van der Waals surface area contributed by atoms with Crippen LogP contribution in [0.25, 0.3) is 22.3 Å². The third-order valence-corrected chi connectivity index (χ3v) is 14.8. The van der Waals surface area contributed by atoms with Crippen molar-refractivity contribution in [3.8, 4) is 22.9 Å². The Morgan fingerprint density at radius 2 is 1.81 bits per heavy atom. The highest BCUT2D eigenvalue weighted by atomic mass is 35.5. The number of aromatic nitrogens is 2. The van der Waals surface area contributed by atoms with Crippen molar-refractivity contribution < 1.29 is 38.4 Å². The van der Waals surface area contributed by atoms with E-state index in [-0.39, 0.29) is 47.7 Å². The van der Waals surface area contributed by atoms with Crippen molar-refractivity contribution in [3.63, 3.8) is 0 Å². The number of aliphatic carboxylic acids is 1. The Bertz CT molecular complexity index is 2110. The van der Waals surface area contributed by atoms with Crippen LogP contribution in [0.4, 0.5) is 5.13 Å². The number of pyridine rings is 1.